The van der Waals surface area contributed by atoms with Crippen LogP contribution in [-0.4, -0.2) is 15.9 Å². The Bertz CT molecular complexity index is 511. The molecule has 0 aliphatic rings. The van der Waals surface area contributed by atoms with Crippen molar-refractivity contribution < 1.29 is 14.3 Å². The molecular weight excluding hydrogens is 307 g/mol. The van der Waals surface area contributed by atoms with Gasteiger partial charge in [0.2, 0.25) is 0 Å². The first-order chi connectivity index (χ1) is 10.0. The summed E-state index contributed by atoms with van der Waals surface area (Å²) >= 11 is 0. The van der Waals surface area contributed by atoms with Gasteiger partial charge in [0.05, 0.1) is 0 Å². The fourth-order valence-electron chi connectivity index (χ4n) is 2.72. The Hall–Kier alpha value is -0.630. The maximum atomic E-state index is 10.6. The van der Waals surface area contributed by atoms with E-state index in [2.05, 4.69) is 41.5 Å². The fraction of sp³-hybridized carbons (Fsp3) is 0.684. The van der Waals surface area contributed by atoms with Gasteiger partial charge in [0.1, 0.15) is 0 Å². The third-order valence-corrected chi connectivity index (χ3v) is 5.71. The molecule has 1 rings (SSSR count). The zero-order chi connectivity index (χ0) is 18.3. The van der Waals surface area contributed by atoms with Gasteiger partial charge in [-0.25, -0.2) is 0 Å². The third-order valence-electron chi connectivity index (χ3n) is 3.66. The SMILES string of the molecule is CC(C)(C)C[PH](O)(O)Oc1c(C(C)(C)C)cccc1C(C)(C)C. The van der Waals surface area contributed by atoms with Gasteiger partial charge in [-0.15, -0.1) is 0 Å². The number of rotatable bonds is 3. The van der Waals surface area contributed by atoms with Crippen molar-refractivity contribution in [3.8, 4) is 5.75 Å². The van der Waals surface area contributed by atoms with Crippen LogP contribution in [0.5, 0.6) is 5.75 Å². The average molecular weight is 342 g/mol. The van der Waals surface area contributed by atoms with Gasteiger partial charge in [0.25, 0.3) is 0 Å². The van der Waals surface area contributed by atoms with E-state index in [1.54, 1.807) is 0 Å². The molecule has 0 unspecified atom stereocenters. The molecule has 0 heterocycles. The molecule has 3 nitrogen and oxygen atoms in total. The molecular formula is C19H35O3P. The van der Waals surface area contributed by atoms with E-state index in [-0.39, 0.29) is 22.4 Å². The summed E-state index contributed by atoms with van der Waals surface area (Å²) in [5.41, 5.74) is 1.55. The van der Waals surface area contributed by atoms with Crippen molar-refractivity contribution in [2.75, 3.05) is 6.16 Å². The van der Waals surface area contributed by atoms with Crippen LogP contribution in [0.1, 0.15) is 73.4 Å². The second-order valence-electron chi connectivity index (χ2n) is 9.76. The minimum atomic E-state index is -3.80. The van der Waals surface area contributed by atoms with E-state index in [1.807, 2.05) is 39.0 Å². The molecule has 4 heteroatoms. The number of hydrogen-bond acceptors (Lipinski definition) is 3. The average Bonchev–Trinajstić information content (AvgIpc) is 2.21. The normalized spacial score (nSPS) is 14.7. The van der Waals surface area contributed by atoms with Crippen molar-refractivity contribution in [3.05, 3.63) is 29.3 Å². The summed E-state index contributed by atoms with van der Waals surface area (Å²) in [7, 11) is -3.80. The summed E-state index contributed by atoms with van der Waals surface area (Å²) in [6.07, 6.45) is 0.266. The molecule has 0 aliphatic heterocycles. The van der Waals surface area contributed by atoms with Gasteiger partial charge in [-0.05, 0) is 0 Å². The third kappa shape index (κ3) is 6.06. The van der Waals surface area contributed by atoms with Crippen LogP contribution in [-0.2, 0) is 10.8 Å². The van der Waals surface area contributed by atoms with Crippen molar-refractivity contribution >= 4 is 7.94 Å². The van der Waals surface area contributed by atoms with E-state index in [0.717, 1.165) is 11.1 Å². The summed E-state index contributed by atoms with van der Waals surface area (Å²) in [5, 5.41) is 0. The molecule has 0 fully saturated rings. The quantitative estimate of drug-likeness (QED) is 0.744. The van der Waals surface area contributed by atoms with Gasteiger partial charge in [-0.3, -0.25) is 0 Å². The molecule has 0 saturated carbocycles. The molecule has 134 valence electrons. The number of benzene rings is 1. The van der Waals surface area contributed by atoms with Gasteiger partial charge >= 0.3 is 142 Å². The monoisotopic (exact) mass is 342 g/mol. The van der Waals surface area contributed by atoms with Crippen LogP contribution in [0.2, 0.25) is 0 Å². The summed E-state index contributed by atoms with van der Waals surface area (Å²) in [5.74, 6) is 0.647. The molecule has 0 radical (unpaired) electrons. The first kappa shape index (κ1) is 20.4. The van der Waals surface area contributed by atoms with Gasteiger partial charge in [-0.2, -0.15) is 0 Å². The van der Waals surface area contributed by atoms with Gasteiger partial charge < -0.3 is 0 Å². The van der Waals surface area contributed by atoms with E-state index in [1.165, 1.54) is 0 Å². The molecule has 23 heavy (non-hydrogen) atoms. The zero-order valence-electron chi connectivity index (χ0n) is 16.2. The van der Waals surface area contributed by atoms with Crippen molar-refractivity contribution in [2.45, 2.75) is 73.1 Å². The summed E-state index contributed by atoms with van der Waals surface area (Å²) < 4.78 is 5.94. The van der Waals surface area contributed by atoms with E-state index >= 15 is 0 Å². The Kier molecular flexibility index (Phi) is 5.64. The second-order valence-corrected chi connectivity index (χ2v) is 11.8. The molecule has 2 N–H and O–H groups in total. The summed E-state index contributed by atoms with van der Waals surface area (Å²) in [6.45, 7) is 18.7. The topological polar surface area (TPSA) is 49.7 Å². The van der Waals surface area contributed by atoms with Gasteiger partial charge in [0, 0.05) is 0 Å². The van der Waals surface area contributed by atoms with Gasteiger partial charge in [0.15, 0.2) is 0 Å². The Morgan fingerprint density at radius 3 is 1.52 bits per heavy atom. The minimum absolute atomic E-state index is 0.136. The standard InChI is InChI=1S/C19H35O3P/c1-17(2,3)13-23(20,21)22-16-14(18(4,5)6)11-10-12-15(16)19(7,8)9/h10-12,20-21,23H,13H2,1-9H3. The van der Waals surface area contributed by atoms with E-state index < -0.39 is 7.94 Å². The van der Waals surface area contributed by atoms with Gasteiger partial charge in [-0.1, -0.05) is 0 Å². The van der Waals surface area contributed by atoms with Crippen LogP contribution in [0.3, 0.4) is 0 Å². The molecule has 1 aromatic carbocycles. The first-order valence-corrected chi connectivity index (χ1v) is 10.3. The van der Waals surface area contributed by atoms with Crippen LogP contribution >= 0.6 is 7.94 Å². The van der Waals surface area contributed by atoms with Crippen molar-refractivity contribution in [3.63, 3.8) is 0 Å². The molecule has 0 amide bonds. The molecule has 0 spiro atoms. The fourth-order valence-corrected chi connectivity index (χ4v) is 4.72. The number of hydrogen-bond donors (Lipinski definition) is 2. The van der Waals surface area contributed by atoms with Crippen molar-refractivity contribution in [1.29, 1.82) is 0 Å². The molecule has 0 aromatic heterocycles. The zero-order valence-corrected chi connectivity index (χ0v) is 17.2. The Morgan fingerprint density at radius 1 is 0.826 bits per heavy atom. The molecule has 0 atom stereocenters. The van der Waals surface area contributed by atoms with E-state index in [9.17, 15) is 9.79 Å². The Labute approximate surface area is 142 Å². The second kappa shape index (κ2) is 6.35. The molecule has 0 aliphatic carbocycles. The van der Waals surface area contributed by atoms with E-state index in [4.69, 9.17) is 4.52 Å². The summed E-state index contributed by atoms with van der Waals surface area (Å²) in [6, 6.07) is 6.06. The Morgan fingerprint density at radius 2 is 1.22 bits per heavy atom. The first-order valence-electron chi connectivity index (χ1n) is 8.31. The van der Waals surface area contributed by atoms with Crippen LogP contribution < -0.4 is 4.52 Å². The molecule has 0 bridgehead atoms. The van der Waals surface area contributed by atoms with Crippen molar-refractivity contribution in [2.24, 2.45) is 5.41 Å². The Balaban J connectivity index is 3.43. The molecule has 0 saturated heterocycles. The molecule has 1 aromatic rings. The predicted molar refractivity (Wildman–Crippen MR) is 102 cm³/mol. The maximum absolute atomic E-state index is 10.6. The van der Waals surface area contributed by atoms with Crippen molar-refractivity contribution in [1.82, 2.24) is 0 Å². The summed E-state index contributed by atoms with van der Waals surface area (Å²) in [4.78, 5) is 21.1. The van der Waals surface area contributed by atoms with Crippen LogP contribution in [0.4, 0.5) is 0 Å². The van der Waals surface area contributed by atoms with E-state index in [0.29, 0.717) is 5.75 Å². The van der Waals surface area contributed by atoms with Crippen LogP contribution in [0.25, 0.3) is 0 Å². The van der Waals surface area contributed by atoms with Crippen LogP contribution in [0.15, 0.2) is 18.2 Å². The van der Waals surface area contributed by atoms with Crippen LogP contribution in [0, 0.1) is 5.41 Å². The predicted octanol–water partition coefficient (Wildman–Crippen LogP) is 5.19. The number of para-hydroxylation sites is 1.